The lowest BCUT2D eigenvalue weighted by atomic mass is 9.79. The van der Waals surface area contributed by atoms with Gasteiger partial charge >= 0.3 is 0 Å². The van der Waals surface area contributed by atoms with Gasteiger partial charge < -0.3 is 15.1 Å². The standard InChI is InChI=1S/C19H32N4O3/c1-15(24)21-11-13-22(14-12-21)17(25)16-7-6-10-23(16)19(18(26)20-2)8-4-3-5-9-19/h16H,3-14H2,1-2H3,(H,20,26). The smallest absolute Gasteiger partial charge is 0.240 e. The summed E-state index contributed by atoms with van der Waals surface area (Å²) < 4.78 is 0. The van der Waals surface area contributed by atoms with Crippen LogP contribution in [0.5, 0.6) is 0 Å². The minimum atomic E-state index is -0.523. The van der Waals surface area contributed by atoms with Crippen molar-refractivity contribution in [3.63, 3.8) is 0 Å². The molecule has 2 heterocycles. The van der Waals surface area contributed by atoms with Gasteiger partial charge in [-0.25, -0.2) is 0 Å². The zero-order valence-corrected chi connectivity index (χ0v) is 16.1. The van der Waals surface area contributed by atoms with E-state index in [4.69, 9.17) is 0 Å². The Morgan fingerprint density at radius 2 is 1.50 bits per heavy atom. The van der Waals surface area contributed by atoms with Crippen molar-refractivity contribution < 1.29 is 14.4 Å². The third kappa shape index (κ3) is 3.46. The minimum Gasteiger partial charge on any atom is -0.358 e. The lowest BCUT2D eigenvalue weighted by Gasteiger charge is -2.46. The van der Waals surface area contributed by atoms with Crippen LogP contribution in [-0.2, 0) is 14.4 Å². The number of hydrogen-bond donors (Lipinski definition) is 1. The lowest BCUT2D eigenvalue weighted by molar-refractivity contribution is -0.148. The summed E-state index contributed by atoms with van der Waals surface area (Å²) in [6.07, 6.45) is 6.72. The number of carbonyl (C=O) groups excluding carboxylic acids is 3. The SMILES string of the molecule is CNC(=O)C1(N2CCCC2C(=O)N2CCN(C(C)=O)CC2)CCCCC1. The fourth-order valence-electron chi connectivity index (χ4n) is 5.00. The number of piperazine rings is 1. The highest BCUT2D eigenvalue weighted by Gasteiger charge is 2.50. The fraction of sp³-hybridized carbons (Fsp3) is 0.842. The van der Waals surface area contributed by atoms with Gasteiger partial charge in [0.05, 0.1) is 6.04 Å². The number of hydrogen-bond acceptors (Lipinski definition) is 4. The van der Waals surface area contributed by atoms with Crippen LogP contribution in [0.2, 0.25) is 0 Å². The molecule has 0 aromatic heterocycles. The number of rotatable bonds is 3. The number of amides is 3. The highest BCUT2D eigenvalue weighted by Crippen LogP contribution is 2.39. The van der Waals surface area contributed by atoms with Crippen LogP contribution in [-0.4, -0.2) is 83.8 Å². The van der Waals surface area contributed by atoms with E-state index in [-0.39, 0.29) is 23.8 Å². The van der Waals surface area contributed by atoms with Gasteiger partial charge in [-0.2, -0.15) is 0 Å². The maximum Gasteiger partial charge on any atom is 0.240 e. The molecule has 0 aromatic carbocycles. The summed E-state index contributed by atoms with van der Waals surface area (Å²) in [7, 11) is 1.70. The molecule has 1 unspecified atom stereocenters. The quantitative estimate of drug-likeness (QED) is 0.796. The molecule has 1 aliphatic carbocycles. The molecule has 0 aromatic rings. The molecule has 0 spiro atoms. The van der Waals surface area contributed by atoms with Gasteiger partial charge in [-0.05, 0) is 25.7 Å². The molecule has 0 radical (unpaired) electrons. The Hall–Kier alpha value is -1.63. The molecule has 7 nitrogen and oxygen atoms in total. The van der Waals surface area contributed by atoms with Crippen LogP contribution in [0.25, 0.3) is 0 Å². The van der Waals surface area contributed by atoms with Gasteiger partial charge in [0.1, 0.15) is 5.54 Å². The first-order valence-electron chi connectivity index (χ1n) is 10.0. The van der Waals surface area contributed by atoms with Crippen LogP contribution in [0.4, 0.5) is 0 Å². The van der Waals surface area contributed by atoms with Gasteiger partial charge in [0.2, 0.25) is 17.7 Å². The Kier molecular flexibility index (Phi) is 5.85. The summed E-state index contributed by atoms with van der Waals surface area (Å²) in [5.74, 6) is 0.276. The average Bonchev–Trinajstić information content (AvgIpc) is 3.17. The first-order chi connectivity index (χ1) is 12.5. The van der Waals surface area contributed by atoms with Crippen molar-refractivity contribution in [2.24, 2.45) is 0 Å². The average molecular weight is 364 g/mol. The van der Waals surface area contributed by atoms with Crippen molar-refractivity contribution in [1.82, 2.24) is 20.0 Å². The zero-order valence-electron chi connectivity index (χ0n) is 16.1. The van der Waals surface area contributed by atoms with Crippen molar-refractivity contribution in [2.45, 2.75) is 63.5 Å². The maximum atomic E-state index is 13.2. The Bertz CT molecular complexity index is 551. The van der Waals surface area contributed by atoms with Crippen molar-refractivity contribution in [2.75, 3.05) is 39.8 Å². The summed E-state index contributed by atoms with van der Waals surface area (Å²) in [5, 5.41) is 2.86. The first-order valence-corrected chi connectivity index (χ1v) is 10.0. The van der Waals surface area contributed by atoms with Crippen molar-refractivity contribution in [3.8, 4) is 0 Å². The summed E-state index contributed by atoms with van der Waals surface area (Å²) in [4.78, 5) is 43.5. The Morgan fingerprint density at radius 1 is 0.885 bits per heavy atom. The minimum absolute atomic E-state index is 0.0679. The molecule has 1 N–H and O–H groups in total. The molecule has 2 aliphatic heterocycles. The number of likely N-dealkylation sites (N-methyl/N-ethyl adjacent to an activating group) is 1. The van der Waals surface area contributed by atoms with E-state index >= 15 is 0 Å². The number of carbonyl (C=O) groups is 3. The molecule has 3 rings (SSSR count). The third-order valence-corrected chi connectivity index (χ3v) is 6.45. The summed E-state index contributed by atoms with van der Waals surface area (Å²) in [6.45, 7) is 4.79. The molecule has 146 valence electrons. The van der Waals surface area contributed by atoms with Gasteiger partial charge in [0, 0.05) is 46.7 Å². The third-order valence-electron chi connectivity index (χ3n) is 6.45. The van der Waals surface area contributed by atoms with E-state index < -0.39 is 5.54 Å². The van der Waals surface area contributed by atoms with E-state index in [2.05, 4.69) is 10.2 Å². The van der Waals surface area contributed by atoms with Crippen LogP contribution in [0.15, 0.2) is 0 Å². The van der Waals surface area contributed by atoms with Gasteiger partial charge in [-0.3, -0.25) is 19.3 Å². The van der Waals surface area contributed by atoms with E-state index in [0.717, 1.165) is 51.5 Å². The van der Waals surface area contributed by atoms with Gasteiger partial charge in [0.25, 0.3) is 0 Å². The second kappa shape index (κ2) is 7.94. The maximum absolute atomic E-state index is 13.2. The molecule has 3 aliphatic rings. The predicted molar refractivity (Wildman–Crippen MR) is 98.4 cm³/mol. The summed E-state index contributed by atoms with van der Waals surface area (Å²) in [5.41, 5.74) is -0.523. The summed E-state index contributed by atoms with van der Waals surface area (Å²) in [6, 6.07) is -0.200. The molecule has 1 atom stereocenters. The Balaban J connectivity index is 1.73. The Labute approximate surface area is 156 Å². The number of nitrogens with zero attached hydrogens (tertiary/aromatic N) is 3. The monoisotopic (exact) mass is 364 g/mol. The molecule has 2 saturated heterocycles. The largest absolute Gasteiger partial charge is 0.358 e. The molecule has 0 bridgehead atoms. The molecule has 3 fully saturated rings. The van der Waals surface area contributed by atoms with Crippen molar-refractivity contribution in [1.29, 1.82) is 0 Å². The second-order valence-electron chi connectivity index (χ2n) is 7.85. The predicted octanol–water partition coefficient (Wildman–Crippen LogP) is 0.590. The van der Waals surface area contributed by atoms with Crippen LogP contribution >= 0.6 is 0 Å². The molecule has 26 heavy (non-hydrogen) atoms. The molecule has 3 amide bonds. The van der Waals surface area contributed by atoms with E-state index in [0.29, 0.717) is 26.2 Å². The van der Waals surface area contributed by atoms with E-state index in [1.807, 2.05) is 4.90 Å². The van der Waals surface area contributed by atoms with Gasteiger partial charge in [-0.1, -0.05) is 19.3 Å². The van der Waals surface area contributed by atoms with Gasteiger partial charge in [-0.15, -0.1) is 0 Å². The topological polar surface area (TPSA) is 73.0 Å². The van der Waals surface area contributed by atoms with Crippen molar-refractivity contribution >= 4 is 17.7 Å². The number of nitrogens with one attached hydrogen (secondary N) is 1. The fourth-order valence-corrected chi connectivity index (χ4v) is 5.00. The highest BCUT2D eigenvalue weighted by atomic mass is 16.2. The van der Waals surface area contributed by atoms with E-state index in [1.54, 1.807) is 18.9 Å². The number of likely N-dealkylation sites (tertiary alicyclic amines) is 1. The van der Waals surface area contributed by atoms with E-state index in [9.17, 15) is 14.4 Å². The van der Waals surface area contributed by atoms with Crippen LogP contribution in [0.1, 0.15) is 51.9 Å². The summed E-state index contributed by atoms with van der Waals surface area (Å²) >= 11 is 0. The second-order valence-corrected chi connectivity index (χ2v) is 7.85. The normalized spacial score (nSPS) is 26.6. The Morgan fingerprint density at radius 3 is 2.08 bits per heavy atom. The highest BCUT2D eigenvalue weighted by molar-refractivity contribution is 5.89. The van der Waals surface area contributed by atoms with Crippen molar-refractivity contribution in [3.05, 3.63) is 0 Å². The molecule has 1 saturated carbocycles. The molecular weight excluding hydrogens is 332 g/mol. The lowest BCUT2D eigenvalue weighted by Crippen LogP contribution is -2.64. The van der Waals surface area contributed by atoms with Crippen LogP contribution < -0.4 is 5.32 Å². The molecular formula is C19H32N4O3. The zero-order chi connectivity index (χ0) is 18.7. The van der Waals surface area contributed by atoms with Crippen LogP contribution in [0, 0.1) is 0 Å². The molecule has 7 heteroatoms. The van der Waals surface area contributed by atoms with Crippen LogP contribution in [0.3, 0.4) is 0 Å². The first kappa shape index (κ1) is 19.1. The van der Waals surface area contributed by atoms with Gasteiger partial charge in [0.15, 0.2) is 0 Å². The van der Waals surface area contributed by atoms with E-state index in [1.165, 1.54) is 0 Å².